The van der Waals surface area contributed by atoms with Crippen LogP contribution in [-0.2, 0) is 0 Å². The highest BCUT2D eigenvalue weighted by molar-refractivity contribution is 6.24. The smallest absolute Gasteiger partial charge is 0.144 e. The molecule has 0 N–H and O–H groups in total. The lowest BCUT2D eigenvalue weighted by atomic mass is 9.96. The Hall–Kier alpha value is -7.75. The van der Waals surface area contributed by atoms with Gasteiger partial charge < -0.3 is 9.32 Å². The number of para-hydroxylation sites is 2. The van der Waals surface area contributed by atoms with Crippen LogP contribution in [0.2, 0.25) is 0 Å². The summed E-state index contributed by atoms with van der Waals surface area (Å²) in [6, 6.07) is 77.4. The molecular weight excluding hydrogens is 705 g/mol. The highest BCUT2D eigenvalue weighted by atomic mass is 16.3. The van der Waals surface area contributed by atoms with Crippen LogP contribution < -0.4 is 4.90 Å². The molecule has 0 spiro atoms. The van der Waals surface area contributed by atoms with Gasteiger partial charge in [-0.05, 0) is 88.0 Å². The van der Waals surface area contributed by atoms with Crippen LogP contribution in [0.4, 0.5) is 17.1 Å². The van der Waals surface area contributed by atoms with E-state index in [0.717, 1.165) is 83.1 Å². The van der Waals surface area contributed by atoms with Crippen LogP contribution in [0.25, 0.3) is 88.3 Å². The lowest BCUT2D eigenvalue weighted by Gasteiger charge is -2.26. The van der Waals surface area contributed by atoms with Gasteiger partial charge in [-0.1, -0.05) is 164 Å². The van der Waals surface area contributed by atoms with Crippen LogP contribution in [0.1, 0.15) is 0 Å². The van der Waals surface area contributed by atoms with Gasteiger partial charge in [-0.3, -0.25) is 0 Å². The van der Waals surface area contributed by atoms with Crippen LogP contribution >= 0.6 is 0 Å². The first kappa shape index (κ1) is 33.6. The van der Waals surface area contributed by atoms with Gasteiger partial charge >= 0.3 is 0 Å². The molecule has 2 aromatic heterocycles. The van der Waals surface area contributed by atoms with Crippen molar-refractivity contribution in [3.05, 3.63) is 218 Å². The maximum Gasteiger partial charge on any atom is 0.144 e. The summed E-state index contributed by atoms with van der Waals surface area (Å²) >= 11 is 0. The normalized spacial score (nSPS) is 11.4. The molecule has 0 bridgehead atoms. The molecule has 0 saturated heterocycles. The molecule has 0 aliphatic carbocycles. The molecule has 11 rings (SSSR count). The minimum atomic E-state index is 0.896. The minimum Gasteiger partial charge on any atom is -0.455 e. The summed E-state index contributed by atoms with van der Waals surface area (Å²) in [4.78, 5) is 7.55. The van der Waals surface area contributed by atoms with E-state index in [4.69, 9.17) is 9.40 Å². The van der Waals surface area contributed by atoms with Crippen molar-refractivity contribution in [1.29, 1.82) is 0 Å². The van der Waals surface area contributed by atoms with Gasteiger partial charge in [-0.15, -0.1) is 0 Å². The first-order chi connectivity index (χ1) is 28.7. The van der Waals surface area contributed by atoms with Crippen LogP contribution in [-0.4, -0.2) is 4.98 Å². The van der Waals surface area contributed by atoms with Crippen molar-refractivity contribution >= 4 is 60.7 Å². The number of aromatic nitrogens is 1. The monoisotopic (exact) mass is 740 g/mol. The zero-order valence-electron chi connectivity index (χ0n) is 31.6. The third-order valence-corrected chi connectivity index (χ3v) is 11.3. The molecule has 3 heteroatoms. The quantitative estimate of drug-likeness (QED) is 0.152. The summed E-state index contributed by atoms with van der Waals surface area (Å²) in [6.45, 7) is 0. The van der Waals surface area contributed by atoms with Crippen molar-refractivity contribution in [3.8, 4) is 44.6 Å². The number of benzene rings is 9. The molecule has 9 aromatic carbocycles. The number of nitrogens with zero attached hydrogens (tertiary/aromatic N) is 2. The molecule has 0 saturated carbocycles. The van der Waals surface area contributed by atoms with Gasteiger partial charge in [0, 0.05) is 49.6 Å². The Bertz CT molecular complexity index is 3140. The number of anilines is 3. The largest absolute Gasteiger partial charge is 0.455 e. The summed E-state index contributed by atoms with van der Waals surface area (Å²) in [5.74, 6) is 0. The number of hydrogen-bond donors (Lipinski definition) is 0. The Morgan fingerprint density at radius 1 is 0.310 bits per heavy atom. The number of hydrogen-bond acceptors (Lipinski definition) is 3. The minimum absolute atomic E-state index is 0.896. The Kier molecular flexibility index (Phi) is 8.15. The van der Waals surface area contributed by atoms with Gasteiger partial charge in [0.15, 0.2) is 0 Å². The predicted octanol–water partition coefficient (Wildman–Crippen LogP) is 15.4. The Balaban J connectivity index is 0.947. The van der Waals surface area contributed by atoms with E-state index in [1.807, 2.05) is 12.1 Å². The van der Waals surface area contributed by atoms with Gasteiger partial charge in [0.05, 0.1) is 11.2 Å². The Morgan fingerprint density at radius 2 is 0.724 bits per heavy atom. The van der Waals surface area contributed by atoms with E-state index in [1.54, 1.807) is 0 Å². The first-order valence-corrected chi connectivity index (χ1v) is 19.7. The summed E-state index contributed by atoms with van der Waals surface area (Å²) < 4.78 is 6.54. The second kappa shape index (κ2) is 14.1. The SMILES string of the molecule is c1ccc(-c2ccc(N(c3ccc(-c4ccccc4)cc3)c3ccc(-c4ccc(-c5nc6ccccc6c6c5ccc5c7ccccc7oc56)cc4)cc3)cc2)cc1. The van der Waals surface area contributed by atoms with E-state index in [9.17, 15) is 0 Å². The molecule has 2 heterocycles. The fourth-order valence-corrected chi connectivity index (χ4v) is 8.37. The van der Waals surface area contributed by atoms with Crippen LogP contribution in [0.3, 0.4) is 0 Å². The molecule has 58 heavy (non-hydrogen) atoms. The molecule has 272 valence electrons. The summed E-state index contributed by atoms with van der Waals surface area (Å²) in [5.41, 5.74) is 15.1. The van der Waals surface area contributed by atoms with Gasteiger partial charge in [0.25, 0.3) is 0 Å². The van der Waals surface area contributed by atoms with E-state index in [0.29, 0.717) is 0 Å². The summed E-state index contributed by atoms with van der Waals surface area (Å²) in [6.07, 6.45) is 0. The second-order valence-corrected chi connectivity index (χ2v) is 14.7. The van der Waals surface area contributed by atoms with E-state index in [2.05, 4.69) is 211 Å². The van der Waals surface area contributed by atoms with Crippen molar-refractivity contribution in [2.45, 2.75) is 0 Å². The number of furan rings is 1. The molecule has 0 radical (unpaired) electrons. The molecule has 11 aromatic rings. The van der Waals surface area contributed by atoms with Gasteiger partial charge in [0.1, 0.15) is 11.2 Å². The molecule has 0 aliphatic heterocycles. The van der Waals surface area contributed by atoms with Crippen molar-refractivity contribution in [3.63, 3.8) is 0 Å². The fraction of sp³-hybridized carbons (Fsp3) is 0. The third-order valence-electron chi connectivity index (χ3n) is 11.3. The van der Waals surface area contributed by atoms with E-state index in [1.165, 1.54) is 22.3 Å². The van der Waals surface area contributed by atoms with Crippen molar-refractivity contribution in [2.75, 3.05) is 4.90 Å². The summed E-state index contributed by atoms with van der Waals surface area (Å²) in [7, 11) is 0. The first-order valence-electron chi connectivity index (χ1n) is 19.7. The van der Waals surface area contributed by atoms with Gasteiger partial charge in [0.2, 0.25) is 0 Å². The van der Waals surface area contributed by atoms with Crippen LogP contribution in [0.5, 0.6) is 0 Å². The molecule has 0 fully saturated rings. The maximum absolute atomic E-state index is 6.54. The zero-order valence-corrected chi connectivity index (χ0v) is 31.6. The number of fused-ring (bicyclic) bond motifs is 7. The van der Waals surface area contributed by atoms with Crippen molar-refractivity contribution in [1.82, 2.24) is 4.98 Å². The van der Waals surface area contributed by atoms with Crippen LogP contribution in [0.15, 0.2) is 223 Å². The molecular formula is C55H36N2O. The number of pyridine rings is 1. The maximum atomic E-state index is 6.54. The second-order valence-electron chi connectivity index (χ2n) is 14.7. The Labute approximate surface area is 336 Å². The van der Waals surface area contributed by atoms with E-state index >= 15 is 0 Å². The lowest BCUT2D eigenvalue weighted by molar-refractivity contribution is 0.673. The molecule has 0 atom stereocenters. The highest BCUT2D eigenvalue weighted by Crippen LogP contribution is 2.42. The lowest BCUT2D eigenvalue weighted by Crippen LogP contribution is -2.09. The molecule has 0 unspecified atom stereocenters. The van der Waals surface area contributed by atoms with Crippen LogP contribution in [0, 0.1) is 0 Å². The average molecular weight is 741 g/mol. The highest BCUT2D eigenvalue weighted by Gasteiger charge is 2.18. The standard InChI is InChI=1S/C55H36N2O/c1-3-11-37(12-4-1)40-23-29-44(30-24-40)57(45-31-25-41(26-32-45)38-13-5-2-6-14-38)46-33-27-42(28-34-46)39-19-21-43(22-20-39)54-50-36-35-48-47-15-8-10-18-52(47)58-55(48)53(50)49-16-7-9-17-51(49)56-54/h1-36H. The zero-order chi connectivity index (χ0) is 38.4. The molecule has 3 nitrogen and oxygen atoms in total. The third kappa shape index (κ3) is 5.89. The summed E-state index contributed by atoms with van der Waals surface area (Å²) in [5, 5.41) is 5.52. The topological polar surface area (TPSA) is 29.3 Å². The van der Waals surface area contributed by atoms with E-state index in [-0.39, 0.29) is 0 Å². The molecule has 0 aliphatic rings. The van der Waals surface area contributed by atoms with Crippen molar-refractivity contribution < 1.29 is 4.42 Å². The van der Waals surface area contributed by atoms with E-state index < -0.39 is 0 Å². The molecule has 0 amide bonds. The Morgan fingerprint density at radius 3 is 1.28 bits per heavy atom. The van der Waals surface area contributed by atoms with Gasteiger partial charge in [-0.2, -0.15) is 0 Å². The predicted molar refractivity (Wildman–Crippen MR) is 243 cm³/mol. The van der Waals surface area contributed by atoms with Gasteiger partial charge in [-0.25, -0.2) is 4.98 Å². The number of rotatable bonds is 7. The fourth-order valence-electron chi connectivity index (χ4n) is 8.37. The van der Waals surface area contributed by atoms with Crippen molar-refractivity contribution in [2.24, 2.45) is 0 Å². The average Bonchev–Trinajstić information content (AvgIpc) is 3.69.